The van der Waals surface area contributed by atoms with Crippen LogP contribution in [0, 0.1) is 0 Å². The number of likely N-dealkylation sites (tertiary alicyclic amines) is 1. The normalized spacial score (nSPS) is 17.0. The van der Waals surface area contributed by atoms with Crippen molar-refractivity contribution in [2.24, 2.45) is 0 Å². The molecule has 6 nitrogen and oxygen atoms in total. The molecule has 0 spiro atoms. The lowest BCUT2D eigenvalue weighted by atomic mass is 10.1. The van der Waals surface area contributed by atoms with Gasteiger partial charge >= 0.3 is 0 Å². The monoisotopic (exact) mass is 421 g/mol. The SMILES string of the molecule is O=C(C(c1ccccc1)S(=O)(=O)Cc1cc(Cl)c2c(c1)OCO2)N1CCCC1. The second-order valence-electron chi connectivity index (χ2n) is 6.94. The third-order valence-corrected chi connectivity index (χ3v) is 7.17. The van der Waals surface area contributed by atoms with Gasteiger partial charge in [-0.3, -0.25) is 4.79 Å². The lowest BCUT2D eigenvalue weighted by molar-refractivity contribution is -0.129. The van der Waals surface area contributed by atoms with E-state index in [1.165, 1.54) is 0 Å². The highest BCUT2D eigenvalue weighted by atomic mass is 35.5. The number of amides is 1. The van der Waals surface area contributed by atoms with Crippen LogP contribution in [0.3, 0.4) is 0 Å². The van der Waals surface area contributed by atoms with Crippen LogP contribution >= 0.6 is 11.6 Å². The van der Waals surface area contributed by atoms with Gasteiger partial charge in [0.05, 0.1) is 10.8 Å². The van der Waals surface area contributed by atoms with Crippen molar-refractivity contribution < 1.29 is 22.7 Å². The third kappa shape index (κ3) is 3.69. The predicted octanol–water partition coefficient (Wildman–Crippen LogP) is 3.35. The fraction of sp³-hybridized carbons (Fsp3) is 0.350. The van der Waals surface area contributed by atoms with E-state index in [4.69, 9.17) is 21.1 Å². The zero-order valence-corrected chi connectivity index (χ0v) is 16.7. The first kappa shape index (κ1) is 19.1. The number of hydrogen-bond acceptors (Lipinski definition) is 5. The van der Waals surface area contributed by atoms with E-state index in [2.05, 4.69) is 0 Å². The van der Waals surface area contributed by atoms with Gasteiger partial charge in [-0.2, -0.15) is 0 Å². The summed E-state index contributed by atoms with van der Waals surface area (Å²) in [4.78, 5) is 14.8. The van der Waals surface area contributed by atoms with E-state index in [0.717, 1.165) is 12.8 Å². The fourth-order valence-corrected chi connectivity index (χ4v) is 5.77. The Labute approximate surface area is 168 Å². The molecular formula is C20H20ClNO5S. The number of halogens is 1. The van der Waals surface area contributed by atoms with Gasteiger partial charge in [-0.1, -0.05) is 41.9 Å². The van der Waals surface area contributed by atoms with Gasteiger partial charge in [0.25, 0.3) is 0 Å². The minimum atomic E-state index is -3.85. The number of sulfone groups is 1. The maximum Gasteiger partial charge on any atom is 0.245 e. The van der Waals surface area contributed by atoms with Gasteiger partial charge in [-0.25, -0.2) is 8.42 Å². The summed E-state index contributed by atoms with van der Waals surface area (Å²) in [5.74, 6) is 0.147. The summed E-state index contributed by atoms with van der Waals surface area (Å²) in [6.07, 6.45) is 1.79. The first-order valence-corrected chi connectivity index (χ1v) is 11.2. The summed E-state index contributed by atoms with van der Waals surface area (Å²) >= 11 is 6.19. The molecule has 2 aliphatic rings. The van der Waals surface area contributed by atoms with Gasteiger partial charge in [0.1, 0.15) is 0 Å². The van der Waals surface area contributed by atoms with Crippen LogP contribution in [0.5, 0.6) is 11.5 Å². The van der Waals surface area contributed by atoms with Gasteiger partial charge in [-0.15, -0.1) is 0 Å². The maximum atomic E-state index is 13.3. The van der Waals surface area contributed by atoms with Gasteiger partial charge in [0.15, 0.2) is 26.6 Å². The van der Waals surface area contributed by atoms with Crippen molar-refractivity contribution in [1.29, 1.82) is 0 Å². The Balaban J connectivity index is 1.69. The highest BCUT2D eigenvalue weighted by Gasteiger charge is 2.38. The molecule has 2 heterocycles. The Morgan fingerprint density at radius 1 is 1.11 bits per heavy atom. The van der Waals surface area contributed by atoms with E-state index in [1.807, 2.05) is 0 Å². The highest BCUT2D eigenvalue weighted by molar-refractivity contribution is 7.91. The summed E-state index contributed by atoms with van der Waals surface area (Å²) in [6, 6.07) is 11.8. The molecule has 1 amide bonds. The average Bonchev–Trinajstić information content (AvgIpc) is 3.34. The number of carbonyl (C=O) groups is 1. The van der Waals surface area contributed by atoms with Crippen molar-refractivity contribution in [3.8, 4) is 11.5 Å². The Bertz CT molecular complexity index is 987. The minimum Gasteiger partial charge on any atom is -0.454 e. The molecule has 1 fully saturated rings. The summed E-state index contributed by atoms with van der Waals surface area (Å²) < 4.78 is 37.3. The van der Waals surface area contributed by atoms with E-state index < -0.39 is 15.1 Å². The highest BCUT2D eigenvalue weighted by Crippen LogP contribution is 2.41. The largest absolute Gasteiger partial charge is 0.454 e. The van der Waals surface area contributed by atoms with E-state index >= 15 is 0 Å². The van der Waals surface area contributed by atoms with Crippen LogP contribution in [-0.4, -0.2) is 39.1 Å². The van der Waals surface area contributed by atoms with Crippen molar-refractivity contribution >= 4 is 27.3 Å². The standard InChI is InChI=1S/C20H20ClNO5S/c21-16-10-14(11-17-18(16)27-13-26-17)12-28(24,25)19(15-6-2-1-3-7-15)20(23)22-8-4-5-9-22/h1-3,6-7,10-11,19H,4-5,8-9,12-13H2. The maximum absolute atomic E-state index is 13.3. The predicted molar refractivity (Wildman–Crippen MR) is 105 cm³/mol. The molecule has 148 valence electrons. The van der Waals surface area contributed by atoms with Crippen molar-refractivity contribution in [3.63, 3.8) is 0 Å². The molecule has 1 unspecified atom stereocenters. The molecular weight excluding hydrogens is 402 g/mol. The van der Waals surface area contributed by atoms with Crippen LogP contribution < -0.4 is 9.47 Å². The number of carbonyl (C=O) groups excluding carboxylic acids is 1. The number of benzene rings is 2. The fourth-order valence-electron chi connectivity index (χ4n) is 3.65. The number of hydrogen-bond donors (Lipinski definition) is 0. The molecule has 0 saturated carbocycles. The Hall–Kier alpha value is -2.25. The Morgan fingerprint density at radius 2 is 1.82 bits per heavy atom. The number of rotatable bonds is 5. The van der Waals surface area contributed by atoms with Crippen LogP contribution in [0.25, 0.3) is 0 Å². The zero-order valence-electron chi connectivity index (χ0n) is 15.1. The Kier molecular flexibility index (Phi) is 5.21. The molecule has 1 atom stereocenters. The van der Waals surface area contributed by atoms with Gasteiger partial charge < -0.3 is 14.4 Å². The molecule has 1 saturated heterocycles. The minimum absolute atomic E-state index is 0.0470. The van der Waals surface area contributed by atoms with Crippen LogP contribution in [-0.2, 0) is 20.4 Å². The molecule has 0 bridgehead atoms. The number of nitrogens with zero attached hydrogens (tertiary/aromatic N) is 1. The van der Waals surface area contributed by atoms with Crippen LogP contribution in [0.1, 0.15) is 29.2 Å². The quantitative estimate of drug-likeness (QED) is 0.740. The van der Waals surface area contributed by atoms with Crippen molar-refractivity contribution in [1.82, 2.24) is 4.90 Å². The molecule has 0 radical (unpaired) electrons. The molecule has 0 aromatic heterocycles. The number of fused-ring (bicyclic) bond motifs is 1. The molecule has 2 aliphatic heterocycles. The molecule has 2 aromatic carbocycles. The number of ether oxygens (including phenoxy) is 2. The summed E-state index contributed by atoms with van der Waals surface area (Å²) in [6.45, 7) is 1.23. The lowest BCUT2D eigenvalue weighted by Crippen LogP contribution is -2.36. The van der Waals surface area contributed by atoms with Gasteiger partial charge in [-0.05, 0) is 36.1 Å². The topological polar surface area (TPSA) is 72.9 Å². The van der Waals surface area contributed by atoms with E-state index in [1.54, 1.807) is 47.4 Å². The van der Waals surface area contributed by atoms with Crippen LogP contribution in [0.15, 0.2) is 42.5 Å². The van der Waals surface area contributed by atoms with Gasteiger partial charge in [0.2, 0.25) is 12.7 Å². The van der Waals surface area contributed by atoms with E-state index in [-0.39, 0.29) is 18.5 Å². The molecule has 8 heteroatoms. The van der Waals surface area contributed by atoms with Crippen molar-refractivity contribution in [3.05, 3.63) is 58.6 Å². The lowest BCUT2D eigenvalue weighted by Gasteiger charge is -2.23. The van der Waals surface area contributed by atoms with E-state index in [0.29, 0.717) is 40.7 Å². The van der Waals surface area contributed by atoms with E-state index in [9.17, 15) is 13.2 Å². The van der Waals surface area contributed by atoms with Crippen molar-refractivity contribution in [2.45, 2.75) is 23.8 Å². The molecule has 2 aromatic rings. The van der Waals surface area contributed by atoms with Crippen LogP contribution in [0.4, 0.5) is 0 Å². The van der Waals surface area contributed by atoms with Crippen LogP contribution in [0.2, 0.25) is 5.02 Å². The second kappa shape index (κ2) is 7.64. The summed E-state index contributed by atoms with van der Waals surface area (Å²) in [7, 11) is -3.85. The average molecular weight is 422 g/mol. The summed E-state index contributed by atoms with van der Waals surface area (Å²) in [5.41, 5.74) is 0.940. The zero-order chi connectivity index (χ0) is 19.7. The first-order valence-electron chi connectivity index (χ1n) is 9.09. The molecule has 28 heavy (non-hydrogen) atoms. The first-order chi connectivity index (χ1) is 13.5. The smallest absolute Gasteiger partial charge is 0.245 e. The van der Waals surface area contributed by atoms with Gasteiger partial charge in [0, 0.05) is 13.1 Å². The molecule has 4 rings (SSSR count). The molecule has 0 N–H and O–H groups in total. The third-order valence-electron chi connectivity index (χ3n) is 4.96. The van der Waals surface area contributed by atoms with Crippen molar-refractivity contribution in [2.75, 3.05) is 19.9 Å². The molecule has 0 aliphatic carbocycles. The summed E-state index contributed by atoms with van der Waals surface area (Å²) in [5, 5.41) is -0.946. The second-order valence-corrected chi connectivity index (χ2v) is 9.43. The Morgan fingerprint density at radius 3 is 2.54 bits per heavy atom.